The molecule has 0 fully saturated rings. The molecule has 0 saturated heterocycles. The predicted octanol–water partition coefficient (Wildman–Crippen LogP) is 3.54. The van der Waals surface area contributed by atoms with E-state index in [2.05, 4.69) is 10.2 Å². The van der Waals surface area contributed by atoms with E-state index >= 15 is 0 Å². The maximum absolute atomic E-state index is 14.2. The minimum absolute atomic E-state index is 0. The first-order valence-electron chi connectivity index (χ1n) is 9.53. The first-order chi connectivity index (χ1) is 14.1. The van der Waals surface area contributed by atoms with Crippen molar-refractivity contribution in [2.45, 2.75) is 31.7 Å². The fourth-order valence-corrected chi connectivity index (χ4v) is 4.27. The van der Waals surface area contributed by atoms with Crippen molar-refractivity contribution in [2.75, 3.05) is 20.6 Å². The molecule has 0 spiro atoms. The van der Waals surface area contributed by atoms with Crippen LogP contribution in [0.5, 0.6) is 0 Å². The van der Waals surface area contributed by atoms with Gasteiger partial charge in [0.15, 0.2) is 0 Å². The number of nitrogens with two attached hydrogens (primary N) is 1. The Morgan fingerprint density at radius 1 is 1.16 bits per heavy atom. The number of allylic oxidation sites excluding steroid dienone is 1. The van der Waals surface area contributed by atoms with Gasteiger partial charge in [0.1, 0.15) is 11.3 Å². The van der Waals surface area contributed by atoms with Gasteiger partial charge in [0.2, 0.25) is 10.0 Å². The number of hydrogen-bond donors (Lipinski definition) is 1. The number of benzene rings is 1. The minimum atomic E-state index is -3.48. The van der Waals surface area contributed by atoms with Gasteiger partial charge < -0.3 is 10.3 Å². The van der Waals surface area contributed by atoms with Crippen LogP contribution in [0.1, 0.15) is 22.5 Å². The monoisotopic (exact) mass is 503 g/mol. The molecule has 3 aromatic rings. The highest BCUT2D eigenvalue weighted by molar-refractivity contribution is 7.89. The molecule has 0 radical (unpaired) electrons. The summed E-state index contributed by atoms with van der Waals surface area (Å²) in [7, 11) is -0.480. The lowest BCUT2D eigenvalue weighted by atomic mass is 10.0. The van der Waals surface area contributed by atoms with Crippen molar-refractivity contribution in [1.82, 2.24) is 19.1 Å². The molecule has 7 nitrogen and oxygen atoms in total. The molecule has 32 heavy (non-hydrogen) atoms. The summed E-state index contributed by atoms with van der Waals surface area (Å²) in [5.41, 5.74) is 10.4. The second-order valence-corrected chi connectivity index (χ2v) is 9.52. The maximum atomic E-state index is 14.2. The Morgan fingerprint density at radius 2 is 1.78 bits per heavy atom. The molecule has 0 amide bonds. The standard InChI is InChI=1S/C21H26FN5O2S.2ClH/c1-14-11-20-21(25-24-14)19(15(2)27(20)13-17(22)9-10-23)12-16-5-7-18(8-6-16)30(28,29)26(3)4;;/h5-9,11H,10,12-13,23H2,1-4H3;2*1H. The molecule has 3 rings (SSSR count). The molecule has 2 aromatic heterocycles. The second-order valence-electron chi connectivity index (χ2n) is 7.36. The molecule has 0 saturated carbocycles. The largest absolute Gasteiger partial charge is 0.336 e. The van der Waals surface area contributed by atoms with Crippen molar-refractivity contribution in [3.05, 3.63) is 64.7 Å². The van der Waals surface area contributed by atoms with Gasteiger partial charge in [-0.1, -0.05) is 12.1 Å². The molecular formula is C21H28Cl2FN5O2S. The summed E-state index contributed by atoms with van der Waals surface area (Å²) in [4.78, 5) is 0.236. The van der Waals surface area contributed by atoms with Gasteiger partial charge in [0.05, 0.1) is 22.7 Å². The van der Waals surface area contributed by atoms with Crippen LogP contribution < -0.4 is 5.73 Å². The van der Waals surface area contributed by atoms with Crippen LogP contribution in [0.3, 0.4) is 0 Å². The van der Waals surface area contributed by atoms with Crippen LogP contribution in [0.4, 0.5) is 4.39 Å². The van der Waals surface area contributed by atoms with Gasteiger partial charge in [-0.05, 0) is 43.7 Å². The van der Waals surface area contributed by atoms with Crippen LogP contribution in [-0.2, 0) is 23.0 Å². The molecule has 2 heterocycles. The van der Waals surface area contributed by atoms with Crippen LogP contribution in [0, 0.1) is 13.8 Å². The molecule has 0 aliphatic heterocycles. The van der Waals surface area contributed by atoms with Crippen molar-refractivity contribution in [3.63, 3.8) is 0 Å². The number of fused-ring (bicyclic) bond motifs is 1. The first-order valence-corrected chi connectivity index (χ1v) is 11.0. The van der Waals surface area contributed by atoms with Crippen molar-refractivity contribution in [2.24, 2.45) is 5.73 Å². The molecule has 0 aliphatic carbocycles. The highest BCUT2D eigenvalue weighted by atomic mass is 35.5. The zero-order valence-electron chi connectivity index (χ0n) is 18.4. The van der Waals surface area contributed by atoms with E-state index in [1.165, 1.54) is 24.5 Å². The number of sulfonamides is 1. The Balaban J connectivity index is 0.00000256. The lowest BCUT2D eigenvalue weighted by Gasteiger charge is -2.12. The van der Waals surface area contributed by atoms with E-state index < -0.39 is 10.0 Å². The van der Waals surface area contributed by atoms with Crippen LogP contribution in [-0.4, -0.2) is 48.1 Å². The zero-order valence-corrected chi connectivity index (χ0v) is 20.8. The molecular weight excluding hydrogens is 476 g/mol. The van der Waals surface area contributed by atoms with E-state index in [9.17, 15) is 12.8 Å². The fourth-order valence-electron chi connectivity index (χ4n) is 3.36. The summed E-state index contributed by atoms with van der Waals surface area (Å²) in [6.45, 7) is 3.98. The van der Waals surface area contributed by atoms with E-state index in [0.29, 0.717) is 11.9 Å². The van der Waals surface area contributed by atoms with E-state index in [0.717, 1.165) is 28.0 Å². The third-order valence-electron chi connectivity index (χ3n) is 5.05. The normalized spacial score (nSPS) is 12.0. The maximum Gasteiger partial charge on any atom is 0.242 e. The molecule has 0 bridgehead atoms. The van der Waals surface area contributed by atoms with Crippen LogP contribution in [0.2, 0.25) is 0 Å². The lowest BCUT2D eigenvalue weighted by Crippen LogP contribution is -2.22. The molecule has 176 valence electrons. The summed E-state index contributed by atoms with van der Waals surface area (Å²) in [5.74, 6) is -0.309. The van der Waals surface area contributed by atoms with E-state index in [1.54, 1.807) is 24.3 Å². The number of aryl methyl sites for hydroxylation is 1. The topological polar surface area (TPSA) is 94.1 Å². The predicted molar refractivity (Wildman–Crippen MR) is 130 cm³/mol. The molecule has 0 atom stereocenters. The number of hydrogen-bond acceptors (Lipinski definition) is 5. The SMILES string of the molecule is Cc1cc2c(nn1)c(Cc1ccc(S(=O)(=O)N(C)C)cc1)c(C)n2CC(F)=CCN.Cl.Cl. The molecule has 11 heteroatoms. The van der Waals surface area contributed by atoms with E-state index in [1.807, 2.05) is 24.5 Å². The Labute approximate surface area is 200 Å². The van der Waals surface area contributed by atoms with E-state index in [4.69, 9.17) is 5.73 Å². The van der Waals surface area contributed by atoms with Gasteiger partial charge in [0.25, 0.3) is 0 Å². The second kappa shape index (κ2) is 11.2. The van der Waals surface area contributed by atoms with Crippen molar-refractivity contribution >= 4 is 45.9 Å². The number of aromatic nitrogens is 3. The molecule has 1 aromatic carbocycles. The van der Waals surface area contributed by atoms with Gasteiger partial charge in [-0.15, -0.1) is 29.9 Å². The van der Waals surface area contributed by atoms with Crippen molar-refractivity contribution in [3.8, 4) is 0 Å². The first kappa shape index (κ1) is 28.0. The molecule has 2 N–H and O–H groups in total. The third kappa shape index (κ3) is 5.65. The molecule has 0 aliphatic rings. The number of halogens is 3. The Bertz CT molecular complexity index is 1210. The Hall–Kier alpha value is -2.04. The van der Waals surface area contributed by atoms with Crippen LogP contribution >= 0.6 is 24.8 Å². The number of nitrogens with zero attached hydrogens (tertiary/aromatic N) is 4. The summed E-state index contributed by atoms with van der Waals surface area (Å²) in [5, 5.41) is 8.52. The zero-order chi connectivity index (χ0) is 22.1. The van der Waals surface area contributed by atoms with Gasteiger partial charge >= 0.3 is 0 Å². The van der Waals surface area contributed by atoms with Gasteiger partial charge in [-0.25, -0.2) is 17.1 Å². The summed E-state index contributed by atoms with van der Waals surface area (Å²) in [6, 6.07) is 8.66. The lowest BCUT2D eigenvalue weighted by molar-refractivity contribution is 0.520. The summed E-state index contributed by atoms with van der Waals surface area (Å²) >= 11 is 0. The van der Waals surface area contributed by atoms with Crippen LogP contribution in [0.25, 0.3) is 11.0 Å². The average Bonchev–Trinajstić information content (AvgIpc) is 2.93. The third-order valence-corrected chi connectivity index (χ3v) is 6.87. The van der Waals surface area contributed by atoms with Crippen LogP contribution in [0.15, 0.2) is 47.1 Å². The van der Waals surface area contributed by atoms with Crippen molar-refractivity contribution < 1.29 is 12.8 Å². The smallest absolute Gasteiger partial charge is 0.242 e. The number of rotatable bonds is 7. The molecule has 0 unspecified atom stereocenters. The average molecular weight is 504 g/mol. The Morgan fingerprint density at radius 3 is 2.34 bits per heavy atom. The fraction of sp³-hybridized carbons (Fsp3) is 0.333. The summed E-state index contributed by atoms with van der Waals surface area (Å²) in [6.07, 6.45) is 1.88. The quantitative estimate of drug-likeness (QED) is 0.531. The minimum Gasteiger partial charge on any atom is -0.336 e. The van der Waals surface area contributed by atoms with Crippen molar-refractivity contribution in [1.29, 1.82) is 0 Å². The van der Waals surface area contributed by atoms with Gasteiger partial charge in [0, 0.05) is 38.3 Å². The summed E-state index contributed by atoms with van der Waals surface area (Å²) < 4.78 is 41.8. The highest BCUT2D eigenvalue weighted by Gasteiger charge is 2.19. The van der Waals surface area contributed by atoms with Gasteiger partial charge in [-0.3, -0.25) is 0 Å². The van der Waals surface area contributed by atoms with E-state index in [-0.39, 0.29) is 48.6 Å². The Kier molecular flexibility index (Phi) is 9.80. The highest BCUT2D eigenvalue weighted by Crippen LogP contribution is 2.28. The van der Waals surface area contributed by atoms with Gasteiger partial charge in [-0.2, -0.15) is 5.10 Å².